The summed E-state index contributed by atoms with van der Waals surface area (Å²) >= 11 is 0. The van der Waals surface area contributed by atoms with Crippen molar-refractivity contribution in [1.29, 1.82) is 0 Å². The molecule has 1 aromatic heterocycles. The molecule has 7 heteroatoms. The molecule has 0 aliphatic rings. The second-order valence-electron chi connectivity index (χ2n) is 7.93. The molecule has 0 saturated heterocycles. The number of carboxylic acids is 1. The van der Waals surface area contributed by atoms with Gasteiger partial charge in [-0.15, -0.1) is 0 Å². The van der Waals surface area contributed by atoms with Crippen LogP contribution in [0.1, 0.15) is 36.3 Å². The van der Waals surface area contributed by atoms with Crippen LogP contribution < -0.4 is 10.1 Å². The molecule has 0 fully saturated rings. The number of phenolic OH excluding ortho intramolecular Hbond substituents is 1. The average molecular weight is 450 g/mol. The van der Waals surface area contributed by atoms with Crippen molar-refractivity contribution in [2.24, 2.45) is 0 Å². The van der Waals surface area contributed by atoms with Gasteiger partial charge in [-0.3, -0.25) is 9.59 Å². The highest BCUT2D eigenvalue weighted by Gasteiger charge is 2.15. The molecule has 3 N–H and O–H groups in total. The van der Waals surface area contributed by atoms with Crippen LogP contribution in [0.25, 0.3) is 17.2 Å². The Hall–Kier alpha value is -4.00. The first-order chi connectivity index (χ1) is 15.7. The SMILES string of the molecule is CC(=Cc1cc(C)c(-c2ccc(OCc3ccco3)c(O)c2)cc1C)C(=O)NC(C)C(=O)O. The number of aliphatic carboxylic acids is 1. The van der Waals surface area contributed by atoms with Gasteiger partial charge in [0.1, 0.15) is 18.4 Å². The quantitative estimate of drug-likeness (QED) is 0.425. The predicted molar refractivity (Wildman–Crippen MR) is 125 cm³/mol. The lowest BCUT2D eigenvalue weighted by Gasteiger charge is -2.14. The van der Waals surface area contributed by atoms with Crippen LogP contribution in [0.4, 0.5) is 0 Å². The number of benzene rings is 2. The van der Waals surface area contributed by atoms with Crippen molar-refractivity contribution < 1.29 is 29.0 Å². The highest BCUT2D eigenvalue weighted by molar-refractivity contribution is 5.99. The molecule has 1 heterocycles. The Labute approximate surface area is 192 Å². The predicted octanol–water partition coefficient (Wildman–Crippen LogP) is 4.84. The van der Waals surface area contributed by atoms with Gasteiger partial charge in [-0.2, -0.15) is 0 Å². The van der Waals surface area contributed by atoms with Gasteiger partial charge >= 0.3 is 5.97 Å². The molecule has 0 saturated carbocycles. The molecule has 1 amide bonds. The highest BCUT2D eigenvalue weighted by atomic mass is 16.5. The van der Waals surface area contributed by atoms with Gasteiger partial charge in [0.2, 0.25) is 5.91 Å². The third-order valence-electron chi connectivity index (χ3n) is 5.28. The topological polar surface area (TPSA) is 109 Å². The summed E-state index contributed by atoms with van der Waals surface area (Å²) in [5, 5.41) is 21.9. The molecule has 33 heavy (non-hydrogen) atoms. The van der Waals surface area contributed by atoms with Crippen molar-refractivity contribution in [3.8, 4) is 22.6 Å². The van der Waals surface area contributed by atoms with Gasteiger partial charge < -0.3 is 24.7 Å². The minimum Gasteiger partial charge on any atom is -0.504 e. The number of amides is 1. The van der Waals surface area contributed by atoms with Gasteiger partial charge in [-0.25, -0.2) is 0 Å². The number of carbonyl (C=O) groups excluding carboxylic acids is 1. The van der Waals surface area contributed by atoms with Gasteiger partial charge in [0, 0.05) is 5.57 Å². The van der Waals surface area contributed by atoms with E-state index in [1.165, 1.54) is 6.92 Å². The second kappa shape index (κ2) is 10.1. The number of ether oxygens (including phenoxy) is 1. The standard InChI is InChI=1S/C26H27NO6/c1-15-12-22(16(2)10-20(15)11-17(3)25(29)27-18(4)26(30)31)19-7-8-24(23(28)13-19)33-14-21-6-5-9-32-21/h5-13,18,28H,14H2,1-4H3,(H,27,29)(H,30,31). The first-order valence-electron chi connectivity index (χ1n) is 10.5. The first-order valence-corrected chi connectivity index (χ1v) is 10.5. The van der Waals surface area contributed by atoms with Gasteiger partial charge in [0.05, 0.1) is 6.26 Å². The lowest BCUT2D eigenvalue weighted by molar-refractivity contribution is -0.140. The maximum atomic E-state index is 12.3. The maximum absolute atomic E-state index is 12.3. The van der Waals surface area contributed by atoms with E-state index >= 15 is 0 Å². The second-order valence-corrected chi connectivity index (χ2v) is 7.93. The Morgan fingerprint density at radius 3 is 2.55 bits per heavy atom. The Bertz CT molecular complexity index is 1190. The number of nitrogens with one attached hydrogen (secondary N) is 1. The van der Waals surface area contributed by atoms with E-state index in [2.05, 4.69) is 5.32 Å². The fraction of sp³-hybridized carbons (Fsp3) is 0.231. The molecule has 2 aromatic carbocycles. The van der Waals surface area contributed by atoms with E-state index < -0.39 is 17.9 Å². The molecule has 0 aliphatic carbocycles. The summed E-state index contributed by atoms with van der Waals surface area (Å²) in [5.74, 6) is -0.467. The Balaban J connectivity index is 1.80. The Morgan fingerprint density at radius 2 is 1.91 bits per heavy atom. The summed E-state index contributed by atoms with van der Waals surface area (Å²) in [4.78, 5) is 23.2. The minimum absolute atomic E-state index is 0.0279. The molecule has 1 unspecified atom stereocenters. The van der Waals surface area contributed by atoms with E-state index in [1.54, 1.807) is 43.5 Å². The maximum Gasteiger partial charge on any atom is 0.325 e. The lowest BCUT2D eigenvalue weighted by atomic mass is 9.94. The number of aromatic hydroxyl groups is 1. The van der Waals surface area contributed by atoms with Gasteiger partial charge in [-0.05, 0) is 85.9 Å². The fourth-order valence-electron chi connectivity index (χ4n) is 3.33. The average Bonchev–Trinajstić information content (AvgIpc) is 3.28. The Morgan fingerprint density at radius 1 is 1.15 bits per heavy atom. The third-order valence-corrected chi connectivity index (χ3v) is 5.28. The molecule has 1 atom stereocenters. The normalized spacial score (nSPS) is 12.3. The van der Waals surface area contributed by atoms with E-state index in [0.29, 0.717) is 17.1 Å². The molecule has 172 valence electrons. The number of carboxylic acid groups (broad SMARTS) is 1. The van der Waals surface area contributed by atoms with Crippen molar-refractivity contribution in [2.45, 2.75) is 40.3 Å². The van der Waals surface area contributed by atoms with Gasteiger partial charge in [0.15, 0.2) is 11.5 Å². The van der Waals surface area contributed by atoms with Crippen LogP contribution >= 0.6 is 0 Å². The molecular weight excluding hydrogens is 422 g/mol. The van der Waals surface area contributed by atoms with E-state index in [9.17, 15) is 14.7 Å². The van der Waals surface area contributed by atoms with E-state index in [4.69, 9.17) is 14.3 Å². The van der Waals surface area contributed by atoms with Crippen molar-refractivity contribution in [1.82, 2.24) is 5.32 Å². The van der Waals surface area contributed by atoms with Crippen LogP contribution in [-0.2, 0) is 16.2 Å². The van der Waals surface area contributed by atoms with E-state index in [-0.39, 0.29) is 12.4 Å². The largest absolute Gasteiger partial charge is 0.504 e. The molecular formula is C26H27NO6. The van der Waals surface area contributed by atoms with Gasteiger partial charge in [-0.1, -0.05) is 18.2 Å². The summed E-state index contributed by atoms with van der Waals surface area (Å²) in [6.45, 7) is 7.16. The van der Waals surface area contributed by atoms with Crippen molar-refractivity contribution in [3.63, 3.8) is 0 Å². The number of hydrogen-bond donors (Lipinski definition) is 3. The summed E-state index contributed by atoms with van der Waals surface area (Å²) in [6.07, 6.45) is 3.30. The zero-order valence-electron chi connectivity index (χ0n) is 19.0. The molecule has 3 rings (SSSR count). The summed E-state index contributed by atoms with van der Waals surface area (Å²) in [7, 11) is 0. The van der Waals surface area contributed by atoms with E-state index in [1.807, 2.05) is 32.0 Å². The molecule has 3 aromatic rings. The first kappa shape index (κ1) is 23.7. The minimum atomic E-state index is -1.09. The number of furan rings is 1. The molecule has 0 aliphatic heterocycles. The number of aryl methyl sites for hydroxylation is 2. The van der Waals surface area contributed by atoms with Crippen LogP contribution in [0, 0.1) is 13.8 Å². The smallest absolute Gasteiger partial charge is 0.325 e. The molecule has 0 bridgehead atoms. The zero-order chi connectivity index (χ0) is 24.1. The number of carbonyl (C=O) groups is 2. The highest BCUT2D eigenvalue weighted by Crippen LogP contribution is 2.34. The molecule has 0 radical (unpaired) electrons. The Kier molecular flexibility index (Phi) is 7.23. The van der Waals surface area contributed by atoms with E-state index in [0.717, 1.165) is 27.8 Å². The zero-order valence-corrected chi connectivity index (χ0v) is 19.0. The van der Waals surface area contributed by atoms with Crippen LogP contribution in [0.2, 0.25) is 0 Å². The summed E-state index contributed by atoms with van der Waals surface area (Å²) in [5.41, 5.74) is 4.94. The number of rotatable bonds is 8. The third kappa shape index (κ3) is 5.83. The summed E-state index contributed by atoms with van der Waals surface area (Å²) < 4.78 is 10.9. The number of hydrogen-bond acceptors (Lipinski definition) is 5. The van der Waals surface area contributed by atoms with Crippen LogP contribution in [0.15, 0.2) is 58.7 Å². The van der Waals surface area contributed by atoms with Crippen molar-refractivity contribution >= 4 is 18.0 Å². The molecule has 0 spiro atoms. The van der Waals surface area contributed by atoms with Gasteiger partial charge in [0.25, 0.3) is 0 Å². The van der Waals surface area contributed by atoms with Crippen LogP contribution in [0.5, 0.6) is 11.5 Å². The van der Waals surface area contributed by atoms with Crippen molar-refractivity contribution in [2.75, 3.05) is 0 Å². The fourth-order valence-corrected chi connectivity index (χ4v) is 3.33. The lowest BCUT2D eigenvalue weighted by Crippen LogP contribution is -2.38. The number of phenols is 1. The summed E-state index contributed by atoms with van der Waals surface area (Å²) in [6, 6.07) is 11.8. The molecule has 7 nitrogen and oxygen atoms in total. The van der Waals surface area contributed by atoms with Crippen LogP contribution in [-0.4, -0.2) is 28.1 Å². The van der Waals surface area contributed by atoms with Crippen molar-refractivity contribution in [3.05, 3.63) is 76.8 Å². The monoisotopic (exact) mass is 449 g/mol. The van der Waals surface area contributed by atoms with Crippen LogP contribution in [0.3, 0.4) is 0 Å².